The molecule has 1 aromatic carbocycles. The third-order valence-electron chi connectivity index (χ3n) is 2.78. The van der Waals surface area contributed by atoms with Crippen molar-refractivity contribution in [3.63, 3.8) is 0 Å². The second-order valence-electron chi connectivity index (χ2n) is 4.19. The number of rotatable bonds is 3. The highest BCUT2D eigenvalue weighted by Crippen LogP contribution is 2.22. The van der Waals surface area contributed by atoms with E-state index in [2.05, 4.69) is 23.0 Å². The molecule has 0 aliphatic heterocycles. The molecule has 1 aromatic heterocycles. The Balaban J connectivity index is 0.00000106. The number of aryl methyl sites for hydroxylation is 1. The van der Waals surface area contributed by atoms with Gasteiger partial charge in [-0.2, -0.15) is 5.26 Å². The molecule has 0 unspecified atom stereocenters. The molecule has 21 heavy (non-hydrogen) atoms. The van der Waals surface area contributed by atoms with E-state index in [4.69, 9.17) is 9.68 Å². The highest BCUT2D eigenvalue weighted by molar-refractivity contribution is 6.06. The highest BCUT2D eigenvalue weighted by atomic mass is 16.3. The number of oxazole rings is 1. The van der Waals surface area contributed by atoms with Crippen LogP contribution < -0.4 is 0 Å². The van der Waals surface area contributed by atoms with Crippen LogP contribution in [0.15, 0.2) is 33.7 Å². The maximum Gasteiger partial charge on any atom is 0.245 e. The van der Waals surface area contributed by atoms with Gasteiger partial charge in [-0.05, 0) is 37.1 Å². The molecule has 0 fully saturated rings. The van der Waals surface area contributed by atoms with Gasteiger partial charge in [-0.1, -0.05) is 26.8 Å². The van der Waals surface area contributed by atoms with E-state index in [-0.39, 0.29) is 0 Å². The average molecular weight is 283 g/mol. The largest absolute Gasteiger partial charge is 0.434 e. The molecule has 2 rings (SSSR count). The summed E-state index contributed by atoms with van der Waals surface area (Å²) in [6.45, 7) is 7.96. The van der Waals surface area contributed by atoms with E-state index >= 15 is 0 Å². The van der Waals surface area contributed by atoms with Gasteiger partial charge in [0, 0.05) is 7.05 Å². The third kappa shape index (κ3) is 3.79. The van der Waals surface area contributed by atoms with Crippen LogP contribution in [0, 0.1) is 18.3 Å². The minimum Gasteiger partial charge on any atom is -0.434 e. The minimum atomic E-state index is 0.486. The van der Waals surface area contributed by atoms with Gasteiger partial charge in [-0.15, -0.1) is 0 Å². The Bertz CT molecular complexity index is 703. The topological polar surface area (TPSA) is 62.2 Å². The molecule has 4 nitrogen and oxygen atoms in total. The van der Waals surface area contributed by atoms with Crippen molar-refractivity contribution in [2.24, 2.45) is 4.99 Å². The molecule has 110 valence electrons. The fourth-order valence-corrected chi connectivity index (χ4v) is 1.85. The lowest BCUT2D eigenvalue weighted by Crippen LogP contribution is -1.96. The molecular formula is C17H21N3O. The monoisotopic (exact) mass is 283 g/mol. The molecular weight excluding hydrogens is 262 g/mol. The normalized spacial score (nSPS) is 11.3. The second-order valence-corrected chi connectivity index (χ2v) is 4.19. The Kier molecular flexibility index (Phi) is 6.35. The Morgan fingerprint density at radius 3 is 2.71 bits per heavy atom. The zero-order chi connectivity index (χ0) is 15.8. The molecule has 0 bridgehead atoms. The van der Waals surface area contributed by atoms with Crippen molar-refractivity contribution in [2.75, 3.05) is 7.05 Å². The second kappa shape index (κ2) is 8.01. The van der Waals surface area contributed by atoms with Crippen molar-refractivity contribution in [2.45, 2.75) is 34.1 Å². The summed E-state index contributed by atoms with van der Waals surface area (Å²) in [6.07, 6.45) is 4.83. The summed E-state index contributed by atoms with van der Waals surface area (Å²) in [6, 6.07) is 5.64. The predicted octanol–water partition coefficient (Wildman–Crippen LogP) is 4.42. The van der Waals surface area contributed by atoms with Crippen LogP contribution in [0.3, 0.4) is 0 Å². The van der Waals surface area contributed by atoms with Gasteiger partial charge in [-0.25, -0.2) is 4.98 Å². The van der Waals surface area contributed by atoms with Crippen molar-refractivity contribution < 1.29 is 4.42 Å². The van der Waals surface area contributed by atoms with Crippen molar-refractivity contribution in [1.29, 1.82) is 5.26 Å². The lowest BCUT2D eigenvalue weighted by molar-refractivity contribution is 0.588. The Labute approximate surface area is 125 Å². The van der Waals surface area contributed by atoms with E-state index in [1.54, 1.807) is 19.2 Å². The van der Waals surface area contributed by atoms with Gasteiger partial charge in [0.2, 0.25) is 5.89 Å². The lowest BCUT2D eigenvalue weighted by Gasteiger charge is -1.94. The summed E-state index contributed by atoms with van der Waals surface area (Å²) >= 11 is 0. The first kappa shape index (κ1) is 16.6. The number of hydrogen-bond acceptors (Lipinski definition) is 4. The Morgan fingerprint density at radius 2 is 2.14 bits per heavy atom. The molecule has 0 saturated heterocycles. The lowest BCUT2D eigenvalue weighted by atomic mass is 10.1. The van der Waals surface area contributed by atoms with Crippen molar-refractivity contribution in [3.05, 3.63) is 41.3 Å². The Hall–Kier alpha value is -2.41. The number of benzene rings is 1. The van der Waals surface area contributed by atoms with Crippen LogP contribution in [0.25, 0.3) is 11.1 Å². The van der Waals surface area contributed by atoms with Crippen LogP contribution in [-0.4, -0.2) is 17.7 Å². The molecule has 0 atom stereocenters. The van der Waals surface area contributed by atoms with Gasteiger partial charge in [0.05, 0.1) is 11.6 Å². The third-order valence-corrected chi connectivity index (χ3v) is 2.78. The number of hydrogen-bond donors (Lipinski definition) is 0. The smallest absolute Gasteiger partial charge is 0.245 e. The molecule has 0 saturated carbocycles. The highest BCUT2D eigenvalue weighted by Gasteiger charge is 2.12. The maximum atomic E-state index is 8.96. The van der Waals surface area contributed by atoms with E-state index in [9.17, 15) is 0 Å². The molecule has 1 heterocycles. The summed E-state index contributed by atoms with van der Waals surface area (Å²) in [5.74, 6) is 0.486. The molecule has 4 heteroatoms. The van der Waals surface area contributed by atoms with E-state index in [1.807, 2.05) is 32.9 Å². The molecule has 0 aliphatic carbocycles. The summed E-state index contributed by atoms with van der Waals surface area (Å²) in [5, 5.41) is 8.96. The quantitative estimate of drug-likeness (QED) is 0.783. The number of nitrogens with zero attached hydrogens (tertiary/aromatic N) is 3. The molecule has 0 radical (unpaired) electrons. The molecule has 0 spiro atoms. The summed E-state index contributed by atoms with van der Waals surface area (Å²) in [5.41, 5.74) is 3.60. The zero-order valence-electron chi connectivity index (χ0n) is 13.3. The Morgan fingerprint density at radius 1 is 1.43 bits per heavy atom. The van der Waals surface area contributed by atoms with Crippen LogP contribution in [0.1, 0.15) is 44.2 Å². The molecule has 0 amide bonds. The van der Waals surface area contributed by atoms with Crippen LogP contribution in [0.2, 0.25) is 0 Å². The molecule has 0 N–H and O–H groups in total. The maximum absolute atomic E-state index is 8.96. The fraction of sp³-hybridized carbons (Fsp3) is 0.353. The first-order chi connectivity index (χ1) is 10.2. The van der Waals surface area contributed by atoms with Gasteiger partial charge in [0.1, 0.15) is 11.2 Å². The van der Waals surface area contributed by atoms with E-state index in [1.165, 1.54) is 0 Å². The van der Waals surface area contributed by atoms with E-state index in [0.717, 1.165) is 12.0 Å². The molecule has 2 aromatic rings. The number of aromatic nitrogens is 1. The number of nitriles is 1. The van der Waals surface area contributed by atoms with Crippen molar-refractivity contribution in [1.82, 2.24) is 4.98 Å². The van der Waals surface area contributed by atoms with Gasteiger partial charge in [0.25, 0.3) is 0 Å². The summed E-state index contributed by atoms with van der Waals surface area (Å²) in [7, 11) is 1.71. The van der Waals surface area contributed by atoms with E-state index in [0.29, 0.717) is 28.3 Å². The van der Waals surface area contributed by atoms with Crippen molar-refractivity contribution >= 4 is 16.8 Å². The predicted molar refractivity (Wildman–Crippen MR) is 86.7 cm³/mol. The van der Waals surface area contributed by atoms with Gasteiger partial charge in [0.15, 0.2) is 5.58 Å². The van der Waals surface area contributed by atoms with Crippen LogP contribution in [-0.2, 0) is 0 Å². The standard InChI is InChI=1S/C15H15N3O.C2H6/c1-4-5-6-12(17-3)15-18-13-8-11(9-16)7-10(2)14(13)19-15;1-2/h5-8H,4H2,1-3H3;1-2H3/b6-5-,17-12?;. The van der Waals surface area contributed by atoms with Crippen LogP contribution in [0.4, 0.5) is 0 Å². The van der Waals surface area contributed by atoms with Gasteiger partial charge >= 0.3 is 0 Å². The average Bonchev–Trinajstić information content (AvgIpc) is 2.94. The van der Waals surface area contributed by atoms with E-state index < -0.39 is 0 Å². The first-order valence-corrected chi connectivity index (χ1v) is 7.14. The summed E-state index contributed by atoms with van der Waals surface area (Å²) in [4.78, 5) is 8.58. The zero-order valence-corrected chi connectivity index (χ0v) is 13.3. The fourth-order valence-electron chi connectivity index (χ4n) is 1.85. The van der Waals surface area contributed by atoms with Crippen molar-refractivity contribution in [3.8, 4) is 6.07 Å². The first-order valence-electron chi connectivity index (χ1n) is 7.14. The number of allylic oxidation sites excluding steroid dienone is 2. The SMILES string of the molecule is CC.CC/C=C\C(=NC)c1nc2cc(C#N)cc(C)c2o1. The van der Waals surface area contributed by atoms with Gasteiger partial charge < -0.3 is 4.42 Å². The summed E-state index contributed by atoms with van der Waals surface area (Å²) < 4.78 is 5.75. The van der Waals surface area contributed by atoms with Crippen LogP contribution in [0.5, 0.6) is 0 Å². The van der Waals surface area contributed by atoms with Crippen LogP contribution >= 0.6 is 0 Å². The number of fused-ring (bicyclic) bond motifs is 1. The number of aliphatic imine (C=N–C) groups is 1. The van der Waals surface area contributed by atoms with Gasteiger partial charge in [-0.3, -0.25) is 4.99 Å². The molecule has 0 aliphatic rings. The minimum absolute atomic E-state index is 0.486.